The average Bonchev–Trinajstić information content (AvgIpc) is 2.50. The molecular weight excluding hydrogens is 328 g/mol. The Morgan fingerprint density at radius 1 is 1.19 bits per heavy atom. The number of nitrogens with zero attached hydrogens (tertiary/aromatic N) is 1. The summed E-state index contributed by atoms with van der Waals surface area (Å²) in [6.07, 6.45) is 1.80. The van der Waals surface area contributed by atoms with Gasteiger partial charge in [0.1, 0.15) is 5.75 Å². The van der Waals surface area contributed by atoms with Crippen LogP contribution < -0.4 is 5.32 Å². The average molecular weight is 343 g/mol. The molecule has 1 heterocycles. The van der Waals surface area contributed by atoms with Crippen molar-refractivity contribution in [2.75, 3.05) is 5.32 Å². The van der Waals surface area contributed by atoms with E-state index < -0.39 is 0 Å². The Morgan fingerprint density at radius 2 is 2.05 bits per heavy atom. The van der Waals surface area contributed by atoms with Gasteiger partial charge in [-0.05, 0) is 48.9 Å². The smallest absolute Gasteiger partial charge is 0.120 e. The molecule has 0 aliphatic carbocycles. The Balaban J connectivity index is 1.92. The van der Waals surface area contributed by atoms with Gasteiger partial charge in [-0.25, -0.2) is 0 Å². The zero-order valence-electron chi connectivity index (χ0n) is 11.6. The molecule has 0 saturated carbocycles. The third-order valence-electron chi connectivity index (χ3n) is 3.48. The zero-order chi connectivity index (χ0) is 14.8. The Hall–Kier alpha value is -2.07. The van der Waals surface area contributed by atoms with Crippen LogP contribution in [0.2, 0.25) is 0 Å². The second-order valence-electron chi connectivity index (χ2n) is 4.96. The van der Waals surface area contributed by atoms with E-state index in [1.807, 2.05) is 24.3 Å². The minimum atomic E-state index is 0.292. The number of hydrogen-bond acceptors (Lipinski definition) is 3. The fourth-order valence-corrected chi connectivity index (χ4v) is 2.76. The number of anilines is 1. The van der Waals surface area contributed by atoms with Crippen LogP contribution in [0.25, 0.3) is 10.9 Å². The number of benzene rings is 2. The van der Waals surface area contributed by atoms with Crippen molar-refractivity contribution in [3.63, 3.8) is 0 Å². The van der Waals surface area contributed by atoms with Crippen LogP contribution in [0, 0.1) is 6.92 Å². The third-order valence-corrected chi connectivity index (χ3v) is 3.98. The molecule has 3 nitrogen and oxygen atoms in total. The molecule has 2 N–H and O–H groups in total. The van der Waals surface area contributed by atoms with Crippen molar-refractivity contribution < 1.29 is 5.11 Å². The minimum Gasteiger partial charge on any atom is -0.508 e. The number of fused-ring (bicyclic) bond motifs is 1. The summed E-state index contributed by atoms with van der Waals surface area (Å²) < 4.78 is 0.951. The van der Waals surface area contributed by atoms with E-state index in [1.165, 1.54) is 0 Å². The summed E-state index contributed by atoms with van der Waals surface area (Å²) in [6.45, 7) is 2.61. The Bertz CT molecular complexity index is 802. The number of nitrogens with one attached hydrogen (secondary N) is 1. The lowest BCUT2D eigenvalue weighted by atomic mass is 10.1. The predicted molar refractivity (Wildman–Crippen MR) is 89.6 cm³/mol. The molecule has 0 unspecified atom stereocenters. The summed E-state index contributed by atoms with van der Waals surface area (Å²) in [6, 6.07) is 13.5. The molecule has 0 bridgehead atoms. The van der Waals surface area contributed by atoms with Gasteiger partial charge in [0.15, 0.2) is 0 Å². The van der Waals surface area contributed by atoms with Crippen LogP contribution in [0.15, 0.2) is 53.1 Å². The summed E-state index contributed by atoms with van der Waals surface area (Å²) in [4.78, 5) is 4.43. The topological polar surface area (TPSA) is 45.1 Å². The third kappa shape index (κ3) is 2.85. The van der Waals surface area contributed by atoms with Crippen LogP contribution in [-0.4, -0.2) is 10.1 Å². The van der Waals surface area contributed by atoms with Crippen LogP contribution in [0.1, 0.15) is 11.1 Å². The van der Waals surface area contributed by atoms with Crippen molar-refractivity contribution in [2.45, 2.75) is 13.5 Å². The van der Waals surface area contributed by atoms with Crippen LogP contribution in [0.3, 0.4) is 0 Å². The number of aromatic nitrogens is 1. The molecule has 0 atom stereocenters. The van der Waals surface area contributed by atoms with Crippen LogP contribution in [0.4, 0.5) is 5.69 Å². The molecule has 0 saturated heterocycles. The molecular formula is C17H15BrN2O. The maximum absolute atomic E-state index is 9.90. The van der Waals surface area contributed by atoms with Gasteiger partial charge >= 0.3 is 0 Å². The Kier molecular flexibility index (Phi) is 3.80. The molecule has 0 spiro atoms. The van der Waals surface area contributed by atoms with Crippen molar-refractivity contribution in [1.82, 2.24) is 4.98 Å². The van der Waals surface area contributed by atoms with E-state index in [2.05, 4.69) is 45.3 Å². The lowest BCUT2D eigenvalue weighted by molar-refractivity contribution is 0.469. The minimum absolute atomic E-state index is 0.292. The summed E-state index contributed by atoms with van der Waals surface area (Å²) in [7, 11) is 0. The van der Waals surface area contributed by atoms with Crippen molar-refractivity contribution >= 4 is 32.5 Å². The van der Waals surface area contributed by atoms with Gasteiger partial charge in [-0.3, -0.25) is 4.98 Å². The summed E-state index contributed by atoms with van der Waals surface area (Å²) in [5.41, 5.74) is 4.02. The number of phenolic OH excluding ortho intramolecular Hbond substituents is 1. The molecule has 0 fully saturated rings. The maximum Gasteiger partial charge on any atom is 0.120 e. The number of rotatable bonds is 3. The van der Waals surface area contributed by atoms with Crippen molar-refractivity contribution in [1.29, 1.82) is 0 Å². The van der Waals surface area contributed by atoms with E-state index >= 15 is 0 Å². The molecule has 0 aliphatic rings. The molecule has 4 heteroatoms. The molecule has 0 amide bonds. The number of phenols is 1. The lowest BCUT2D eigenvalue weighted by Gasteiger charge is -2.12. The first-order valence-electron chi connectivity index (χ1n) is 6.71. The first kappa shape index (κ1) is 13.9. The SMILES string of the molecule is Cc1ccc(NCc2cc(Br)ccc2O)c2cccnc12. The standard InChI is InChI=1S/C17H15BrN2O/c1-11-4-6-15(14-3-2-8-19-17(11)14)20-10-12-9-13(18)5-7-16(12)21/h2-9,20-21H,10H2,1H3. The van der Waals surface area contributed by atoms with E-state index in [1.54, 1.807) is 12.3 Å². The van der Waals surface area contributed by atoms with E-state index in [0.29, 0.717) is 12.3 Å². The normalized spacial score (nSPS) is 10.8. The van der Waals surface area contributed by atoms with Crippen molar-refractivity contribution in [3.8, 4) is 5.75 Å². The molecule has 2 aromatic carbocycles. The summed E-state index contributed by atoms with van der Waals surface area (Å²) in [5, 5.41) is 14.4. The molecule has 3 aromatic rings. The van der Waals surface area contributed by atoms with Gasteiger partial charge in [0.25, 0.3) is 0 Å². The first-order chi connectivity index (χ1) is 10.1. The van der Waals surface area contributed by atoms with Crippen LogP contribution in [-0.2, 0) is 6.54 Å². The highest BCUT2D eigenvalue weighted by Gasteiger charge is 2.06. The van der Waals surface area contributed by atoms with E-state index in [9.17, 15) is 5.11 Å². The van der Waals surface area contributed by atoms with Crippen molar-refractivity contribution in [3.05, 3.63) is 64.3 Å². The lowest BCUT2D eigenvalue weighted by Crippen LogP contribution is -2.01. The molecule has 21 heavy (non-hydrogen) atoms. The zero-order valence-corrected chi connectivity index (χ0v) is 13.2. The van der Waals surface area contributed by atoms with Gasteiger partial charge in [0, 0.05) is 33.9 Å². The molecule has 0 aliphatic heterocycles. The molecule has 1 aromatic heterocycles. The predicted octanol–water partition coefficient (Wildman–Crippen LogP) is 4.62. The maximum atomic E-state index is 9.90. The van der Waals surface area contributed by atoms with Gasteiger partial charge in [0.05, 0.1) is 5.52 Å². The number of halogens is 1. The van der Waals surface area contributed by atoms with Gasteiger partial charge < -0.3 is 10.4 Å². The number of aryl methyl sites for hydroxylation is 1. The quantitative estimate of drug-likeness (QED) is 0.729. The molecule has 3 rings (SSSR count). The number of hydrogen-bond donors (Lipinski definition) is 2. The van der Waals surface area contributed by atoms with Crippen LogP contribution >= 0.6 is 15.9 Å². The highest BCUT2D eigenvalue weighted by atomic mass is 79.9. The fourth-order valence-electron chi connectivity index (χ4n) is 2.35. The fraction of sp³-hybridized carbons (Fsp3) is 0.118. The second-order valence-corrected chi connectivity index (χ2v) is 5.87. The molecule has 106 valence electrons. The largest absolute Gasteiger partial charge is 0.508 e. The Labute approximate surface area is 131 Å². The van der Waals surface area contributed by atoms with Crippen LogP contribution in [0.5, 0.6) is 5.75 Å². The van der Waals surface area contributed by atoms with E-state index in [4.69, 9.17) is 0 Å². The summed E-state index contributed by atoms with van der Waals surface area (Å²) >= 11 is 3.42. The van der Waals surface area contributed by atoms with Gasteiger partial charge in [-0.2, -0.15) is 0 Å². The monoisotopic (exact) mass is 342 g/mol. The van der Waals surface area contributed by atoms with Gasteiger partial charge in [-0.1, -0.05) is 22.0 Å². The van der Waals surface area contributed by atoms with Gasteiger partial charge in [-0.15, -0.1) is 0 Å². The number of pyridine rings is 1. The highest BCUT2D eigenvalue weighted by molar-refractivity contribution is 9.10. The molecule has 0 radical (unpaired) electrons. The Morgan fingerprint density at radius 3 is 2.90 bits per heavy atom. The van der Waals surface area contributed by atoms with E-state index in [-0.39, 0.29) is 0 Å². The second kappa shape index (κ2) is 5.74. The summed E-state index contributed by atoms with van der Waals surface area (Å²) in [5.74, 6) is 0.292. The first-order valence-corrected chi connectivity index (χ1v) is 7.50. The highest BCUT2D eigenvalue weighted by Crippen LogP contribution is 2.27. The van der Waals surface area contributed by atoms with Crippen molar-refractivity contribution in [2.24, 2.45) is 0 Å². The number of aromatic hydroxyl groups is 1. The van der Waals surface area contributed by atoms with Gasteiger partial charge in [0.2, 0.25) is 0 Å². The van der Waals surface area contributed by atoms with E-state index in [0.717, 1.165) is 32.2 Å².